The van der Waals surface area contributed by atoms with Gasteiger partial charge in [-0.1, -0.05) is 104 Å². The summed E-state index contributed by atoms with van der Waals surface area (Å²) in [5.41, 5.74) is 11.2. The Morgan fingerprint density at radius 3 is 1.68 bits per heavy atom. The SMILES string of the molecule is CC(C)(C)OC1CCN(c2ccc(NNC3CCCCCCC3)cc2)C1=O.Cc1ccccc1.Cc1ccccc1. The maximum Gasteiger partial charge on any atom is 0.256 e. The first-order valence-electron chi connectivity index (χ1n) is 15.4. The summed E-state index contributed by atoms with van der Waals surface area (Å²) in [6.45, 7) is 10.9. The van der Waals surface area contributed by atoms with E-state index in [4.69, 9.17) is 4.74 Å². The maximum atomic E-state index is 12.6. The number of anilines is 2. The molecule has 1 saturated carbocycles. The molecule has 5 nitrogen and oxygen atoms in total. The fourth-order valence-corrected chi connectivity index (χ4v) is 5.03. The first-order valence-corrected chi connectivity index (χ1v) is 15.4. The molecule has 1 heterocycles. The number of amides is 1. The second-order valence-electron chi connectivity index (χ2n) is 12.2. The van der Waals surface area contributed by atoms with E-state index in [9.17, 15) is 4.79 Å². The van der Waals surface area contributed by atoms with Crippen LogP contribution in [0.1, 0.15) is 83.3 Å². The Hall–Kier alpha value is -3.15. The number of rotatable bonds is 5. The fourth-order valence-electron chi connectivity index (χ4n) is 5.03. The van der Waals surface area contributed by atoms with Crippen molar-refractivity contribution in [1.29, 1.82) is 0 Å². The van der Waals surface area contributed by atoms with Crippen molar-refractivity contribution in [1.82, 2.24) is 5.43 Å². The van der Waals surface area contributed by atoms with Gasteiger partial charge in [0.05, 0.1) is 5.60 Å². The molecule has 5 heteroatoms. The number of hydrazine groups is 1. The summed E-state index contributed by atoms with van der Waals surface area (Å²) in [5.74, 6) is 0.0679. The van der Waals surface area contributed by atoms with Gasteiger partial charge in [-0.25, -0.2) is 5.43 Å². The number of aryl methyl sites for hydroxylation is 2. The molecule has 41 heavy (non-hydrogen) atoms. The van der Waals surface area contributed by atoms with Crippen LogP contribution in [0.25, 0.3) is 0 Å². The third kappa shape index (κ3) is 12.5. The van der Waals surface area contributed by atoms with Gasteiger partial charge in [-0.3, -0.25) is 4.79 Å². The van der Waals surface area contributed by atoms with Gasteiger partial charge in [0.1, 0.15) is 6.10 Å². The van der Waals surface area contributed by atoms with Crippen LogP contribution in [0.3, 0.4) is 0 Å². The molecule has 2 aliphatic rings. The van der Waals surface area contributed by atoms with Gasteiger partial charge in [0, 0.05) is 30.4 Å². The van der Waals surface area contributed by atoms with E-state index in [-0.39, 0.29) is 17.6 Å². The lowest BCUT2D eigenvalue weighted by Gasteiger charge is -2.24. The molecule has 222 valence electrons. The van der Waals surface area contributed by atoms with Crippen LogP contribution in [0.4, 0.5) is 11.4 Å². The van der Waals surface area contributed by atoms with Crippen molar-refractivity contribution in [3.05, 3.63) is 96.1 Å². The van der Waals surface area contributed by atoms with E-state index >= 15 is 0 Å². The van der Waals surface area contributed by atoms with Gasteiger partial charge in [0.25, 0.3) is 5.91 Å². The van der Waals surface area contributed by atoms with Crippen LogP contribution in [0.2, 0.25) is 0 Å². The maximum absolute atomic E-state index is 12.6. The zero-order valence-electron chi connectivity index (χ0n) is 25.9. The largest absolute Gasteiger partial charge is 0.363 e. The summed E-state index contributed by atoms with van der Waals surface area (Å²) in [7, 11) is 0. The minimum Gasteiger partial charge on any atom is -0.363 e. The molecule has 1 aliphatic heterocycles. The van der Waals surface area contributed by atoms with Crippen LogP contribution >= 0.6 is 0 Å². The van der Waals surface area contributed by atoms with Crippen molar-refractivity contribution in [3.8, 4) is 0 Å². The normalized spacial score (nSPS) is 17.8. The quantitative estimate of drug-likeness (QED) is 0.308. The van der Waals surface area contributed by atoms with Crippen LogP contribution < -0.4 is 15.8 Å². The highest BCUT2D eigenvalue weighted by Gasteiger charge is 2.35. The molecule has 0 radical (unpaired) electrons. The van der Waals surface area contributed by atoms with E-state index in [1.54, 1.807) is 0 Å². The van der Waals surface area contributed by atoms with Crippen LogP contribution in [-0.2, 0) is 9.53 Å². The standard InChI is InChI=1S/C22H35N3O2.2C7H8/c1-22(2,3)27-20-15-16-25(21(20)26)19-13-11-18(12-14-19)24-23-17-9-7-5-4-6-8-10-17;2*1-7-5-3-2-4-6-7/h11-14,17,20,23-24H,4-10,15-16H2,1-3H3;2*2-6H,1H3. The van der Waals surface area contributed by atoms with Crippen LogP contribution in [0.15, 0.2) is 84.9 Å². The summed E-state index contributed by atoms with van der Waals surface area (Å²) in [6.07, 6.45) is 9.63. The molecule has 3 aromatic rings. The van der Waals surface area contributed by atoms with Gasteiger partial charge in [-0.2, -0.15) is 0 Å². The summed E-state index contributed by atoms with van der Waals surface area (Å²) >= 11 is 0. The molecule has 1 amide bonds. The van der Waals surface area contributed by atoms with Crippen LogP contribution in [0, 0.1) is 13.8 Å². The van der Waals surface area contributed by atoms with Crippen molar-refractivity contribution in [3.63, 3.8) is 0 Å². The Morgan fingerprint density at radius 1 is 0.707 bits per heavy atom. The number of ether oxygens (including phenoxy) is 1. The minimum absolute atomic E-state index is 0.0679. The van der Waals surface area contributed by atoms with Gasteiger partial charge in [0.2, 0.25) is 0 Å². The van der Waals surface area contributed by atoms with Crippen molar-refractivity contribution < 1.29 is 9.53 Å². The van der Waals surface area contributed by atoms with Crippen LogP contribution in [0.5, 0.6) is 0 Å². The summed E-state index contributed by atoms with van der Waals surface area (Å²) in [5, 5.41) is 0. The number of hydrogen-bond donors (Lipinski definition) is 2. The zero-order chi connectivity index (χ0) is 29.5. The van der Waals surface area contributed by atoms with Gasteiger partial charge < -0.3 is 15.1 Å². The molecular weight excluding hydrogens is 506 g/mol. The molecule has 0 aromatic heterocycles. The van der Waals surface area contributed by atoms with Gasteiger partial charge >= 0.3 is 0 Å². The van der Waals surface area contributed by atoms with Crippen molar-refractivity contribution in [2.24, 2.45) is 0 Å². The van der Waals surface area contributed by atoms with E-state index < -0.39 is 0 Å². The Balaban J connectivity index is 0.000000267. The second kappa shape index (κ2) is 17.0. The number of nitrogens with zero attached hydrogens (tertiary/aromatic N) is 1. The van der Waals surface area contributed by atoms with E-state index in [0.717, 1.165) is 17.8 Å². The topological polar surface area (TPSA) is 53.6 Å². The van der Waals surface area contributed by atoms with Gasteiger partial charge in [0.15, 0.2) is 0 Å². The lowest BCUT2D eigenvalue weighted by Crippen LogP contribution is -2.35. The predicted molar refractivity (Wildman–Crippen MR) is 173 cm³/mol. The molecule has 1 saturated heterocycles. The third-order valence-electron chi connectivity index (χ3n) is 7.24. The lowest BCUT2D eigenvalue weighted by atomic mass is 9.97. The molecular formula is C36H51N3O2. The minimum atomic E-state index is -0.330. The van der Waals surface area contributed by atoms with E-state index in [2.05, 4.69) is 49.0 Å². The molecule has 5 rings (SSSR count). The molecule has 3 aromatic carbocycles. The Labute approximate surface area is 248 Å². The molecule has 0 spiro atoms. The number of carbonyl (C=O) groups is 1. The van der Waals surface area contributed by atoms with E-state index in [1.165, 1.54) is 56.1 Å². The van der Waals surface area contributed by atoms with Crippen LogP contribution in [-0.4, -0.2) is 30.2 Å². The smallest absolute Gasteiger partial charge is 0.256 e. The average Bonchev–Trinajstić information content (AvgIpc) is 3.28. The van der Waals surface area contributed by atoms with Crippen molar-refractivity contribution in [2.45, 2.75) is 104 Å². The zero-order valence-corrected chi connectivity index (χ0v) is 25.9. The lowest BCUT2D eigenvalue weighted by molar-refractivity contribution is -0.135. The Kier molecular flexibility index (Phi) is 13.4. The summed E-state index contributed by atoms with van der Waals surface area (Å²) < 4.78 is 5.90. The van der Waals surface area contributed by atoms with E-state index in [0.29, 0.717) is 12.6 Å². The third-order valence-corrected chi connectivity index (χ3v) is 7.24. The highest BCUT2D eigenvalue weighted by Crippen LogP contribution is 2.27. The molecule has 1 atom stereocenters. The number of benzene rings is 3. The summed E-state index contributed by atoms with van der Waals surface area (Å²) in [6, 6.07) is 29.2. The molecule has 2 fully saturated rings. The number of hydrogen-bond acceptors (Lipinski definition) is 4. The first-order chi connectivity index (χ1) is 19.7. The predicted octanol–water partition coefficient (Wildman–Crippen LogP) is 8.63. The monoisotopic (exact) mass is 557 g/mol. The number of nitrogens with one attached hydrogen (secondary N) is 2. The summed E-state index contributed by atoms with van der Waals surface area (Å²) in [4.78, 5) is 14.5. The van der Waals surface area contributed by atoms with E-state index in [1.807, 2.05) is 86.3 Å². The highest BCUT2D eigenvalue weighted by atomic mass is 16.5. The number of carbonyl (C=O) groups excluding carboxylic acids is 1. The molecule has 0 bridgehead atoms. The Bertz CT molecular complexity index is 1080. The average molecular weight is 558 g/mol. The van der Waals surface area contributed by atoms with Crippen molar-refractivity contribution in [2.75, 3.05) is 16.9 Å². The Morgan fingerprint density at radius 2 is 1.22 bits per heavy atom. The molecule has 2 N–H and O–H groups in total. The van der Waals surface area contributed by atoms with Gasteiger partial charge in [-0.15, -0.1) is 0 Å². The second-order valence-corrected chi connectivity index (χ2v) is 12.2. The molecule has 1 aliphatic carbocycles. The fraction of sp³-hybridized carbons (Fsp3) is 0.472. The molecule has 1 unspecified atom stereocenters. The highest BCUT2D eigenvalue weighted by molar-refractivity contribution is 5.98. The first kappa shape index (κ1) is 32.4. The van der Waals surface area contributed by atoms with Crippen molar-refractivity contribution >= 4 is 17.3 Å². The van der Waals surface area contributed by atoms with Gasteiger partial charge in [-0.05, 0) is 71.7 Å².